The van der Waals surface area contributed by atoms with Crippen LogP contribution in [0.1, 0.15) is 12.5 Å². The molecule has 0 aliphatic rings. The normalized spacial score (nSPS) is 9.40. The van der Waals surface area contributed by atoms with Crippen LogP contribution in [0.5, 0.6) is 0 Å². The van der Waals surface area contributed by atoms with Gasteiger partial charge in [-0.2, -0.15) is 5.26 Å². The molecule has 1 rings (SSSR count). The second kappa shape index (κ2) is 4.66. The van der Waals surface area contributed by atoms with E-state index in [1.54, 1.807) is 6.26 Å². The number of nitrogens with one attached hydrogen (secondary N) is 1. The van der Waals surface area contributed by atoms with Gasteiger partial charge in [0.15, 0.2) is 0 Å². The maximum absolute atomic E-state index is 10.8. The maximum Gasteiger partial charge on any atom is 0.222 e. The number of carbonyl (C=O) groups excluding carboxylic acids is 1. The van der Waals surface area contributed by atoms with Crippen molar-refractivity contribution in [1.82, 2.24) is 4.98 Å². The summed E-state index contributed by atoms with van der Waals surface area (Å²) >= 11 is 1.31. The summed E-state index contributed by atoms with van der Waals surface area (Å²) in [6, 6.07) is 3.45. The number of rotatable bonds is 2. The topological polar surface area (TPSA) is 91.8 Å². The molecule has 0 bridgehead atoms. The highest BCUT2D eigenvalue weighted by Crippen LogP contribution is 2.25. The third kappa shape index (κ3) is 2.60. The number of thioether (sulfide) groups is 1. The van der Waals surface area contributed by atoms with Gasteiger partial charge >= 0.3 is 0 Å². The molecule has 0 atom stereocenters. The van der Waals surface area contributed by atoms with Crippen LogP contribution in [0.25, 0.3) is 0 Å². The molecule has 0 fully saturated rings. The summed E-state index contributed by atoms with van der Waals surface area (Å²) in [5.41, 5.74) is 6.32. The van der Waals surface area contributed by atoms with Crippen LogP contribution < -0.4 is 11.1 Å². The molecule has 1 aromatic heterocycles. The highest BCUT2D eigenvalue weighted by molar-refractivity contribution is 7.98. The molecule has 6 heteroatoms. The molecule has 1 amide bonds. The standard InChI is InChI=1S/C9H10N4OS/c1-5(14)12-8-3-7(11)6(4-10)9(13-8)15-2/h3H,1-2H3,(H3,11,12,13,14). The van der Waals surface area contributed by atoms with Crippen molar-refractivity contribution in [3.63, 3.8) is 0 Å². The van der Waals surface area contributed by atoms with E-state index >= 15 is 0 Å². The van der Waals surface area contributed by atoms with Crippen LogP contribution in [0.4, 0.5) is 11.5 Å². The van der Waals surface area contributed by atoms with Crippen molar-refractivity contribution in [2.24, 2.45) is 0 Å². The number of carbonyl (C=O) groups is 1. The van der Waals surface area contributed by atoms with Gasteiger partial charge in [0, 0.05) is 13.0 Å². The number of nitrogens with zero attached hydrogens (tertiary/aromatic N) is 2. The summed E-state index contributed by atoms with van der Waals surface area (Å²) in [5.74, 6) is 0.141. The van der Waals surface area contributed by atoms with E-state index in [9.17, 15) is 4.79 Å². The number of nitrogen functional groups attached to an aromatic ring is 1. The Bertz CT molecular complexity index is 438. The maximum atomic E-state index is 10.8. The van der Waals surface area contributed by atoms with Gasteiger partial charge in [-0.25, -0.2) is 4.98 Å². The van der Waals surface area contributed by atoms with Crippen LogP contribution in [0, 0.1) is 11.3 Å². The average Bonchev–Trinajstić information content (AvgIpc) is 2.15. The first-order chi connectivity index (χ1) is 7.08. The Morgan fingerprint density at radius 2 is 2.40 bits per heavy atom. The van der Waals surface area contributed by atoms with Gasteiger partial charge in [-0.3, -0.25) is 4.79 Å². The summed E-state index contributed by atoms with van der Waals surface area (Å²) in [7, 11) is 0. The van der Waals surface area contributed by atoms with E-state index in [2.05, 4.69) is 10.3 Å². The number of anilines is 2. The fourth-order valence-electron chi connectivity index (χ4n) is 1.04. The van der Waals surface area contributed by atoms with Crippen LogP contribution in [0.15, 0.2) is 11.1 Å². The molecule has 1 heterocycles. The highest BCUT2D eigenvalue weighted by Gasteiger charge is 2.10. The molecular formula is C9H10N4OS. The van der Waals surface area contributed by atoms with Gasteiger partial charge in [-0.1, -0.05) is 0 Å². The van der Waals surface area contributed by atoms with Gasteiger partial charge in [0.25, 0.3) is 0 Å². The molecule has 0 aromatic carbocycles. The number of hydrogen-bond acceptors (Lipinski definition) is 5. The lowest BCUT2D eigenvalue weighted by molar-refractivity contribution is -0.114. The molecule has 78 valence electrons. The molecule has 3 N–H and O–H groups in total. The molecule has 1 aromatic rings. The molecular weight excluding hydrogens is 212 g/mol. The fourth-order valence-corrected chi connectivity index (χ4v) is 1.60. The molecule has 0 spiro atoms. The average molecular weight is 222 g/mol. The molecule has 0 saturated carbocycles. The van der Waals surface area contributed by atoms with E-state index in [1.807, 2.05) is 6.07 Å². The molecule has 0 unspecified atom stereocenters. The van der Waals surface area contributed by atoms with Crippen molar-refractivity contribution >= 4 is 29.2 Å². The first kappa shape index (κ1) is 11.3. The van der Waals surface area contributed by atoms with Gasteiger partial charge < -0.3 is 11.1 Å². The van der Waals surface area contributed by atoms with Crippen LogP contribution in [0.3, 0.4) is 0 Å². The second-order valence-electron chi connectivity index (χ2n) is 2.77. The van der Waals surface area contributed by atoms with Gasteiger partial charge in [-0.15, -0.1) is 11.8 Å². The molecule has 0 aliphatic heterocycles. The zero-order valence-corrected chi connectivity index (χ0v) is 9.18. The van der Waals surface area contributed by atoms with Crippen molar-refractivity contribution in [2.45, 2.75) is 11.9 Å². The molecule has 5 nitrogen and oxygen atoms in total. The van der Waals surface area contributed by atoms with Crippen molar-refractivity contribution in [1.29, 1.82) is 5.26 Å². The summed E-state index contributed by atoms with van der Waals surface area (Å²) in [5, 5.41) is 11.9. The van der Waals surface area contributed by atoms with Gasteiger partial charge in [-0.05, 0) is 6.26 Å². The highest BCUT2D eigenvalue weighted by atomic mass is 32.2. The minimum absolute atomic E-state index is 0.223. The first-order valence-electron chi connectivity index (χ1n) is 4.10. The quantitative estimate of drug-likeness (QED) is 0.734. The number of nitrogens with two attached hydrogens (primary N) is 1. The van der Waals surface area contributed by atoms with Crippen LogP contribution >= 0.6 is 11.8 Å². The molecule has 0 radical (unpaired) electrons. The Labute approximate surface area is 91.7 Å². The lowest BCUT2D eigenvalue weighted by Crippen LogP contribution is -2.09. The van der Waals surface area contributed by atoms with Crippen molar-refractivity contribution in [3.8, 4) is 6.07 Å². The van der Waals surface area contributed by atoms with E-state index in [0.717, 1.165) is 0 Å². The molecule has 0 saturated heterocycles. The minimum Gasteiger partial charge on any atom is -0.397 e. The van der Waals surface area contributed by atoms with Gasteiger partial charge in [0.05, 0.1) is 5.69 Å². The monoisotopic (exact) mass is 222 g/mol. The Morgan fingerprint density at radius 3 is 2.87 bits per heavy atom. The van der Waals surface area contributed by atoms with Crippen LogP contribution in [0.2, 0.25) is 0 Å². The summed E-state index contributed by atoms with van der Waals surface area (Å²) in [6.45, 7) is 1.38. The largest absolute Gasteiger partial charge is 0.397 e. The van der Waals surface area contributed by atoms with Gasteiger partial charge in [0.2, 0.25) is 5.91 Å². The number of nitriles is 1. The Balaban J connectivity index is 3.21. The zero-order valence-electron chi connectivity index (χ0n) is 8.37. The Hall–Kier alpha value is -1.74. The van der Waals surface area contributed by atoms with E-state index in [-0.39, 0.29) is 5.91 Å². The number of pyridine rings is 1. The second-order valence-corrected chi connectivity index (χ2v) is 3.57. The third-order valence-electron chi connectivity index (χ3n) is 1.63. The van der Waals surface area contributed by atoms with Crippen molar-refractivity contribution in [3.05, 3.63) is 11.6 Å². The predicted molar refractivity (Wildman–Crippen MR) is 59.4 cm³/mol. The SMILES string of the molecule is CSc1nc(NC(C)=O)cc(N)c1C#N. The molecule has 0 aliphatic carbocycles. The number of amides is 1. The number of hydrogen-bond donors (Lipinski definition) is 2. The van der Waals surface area contributed by atoms with E-state index in [4.69, 9.17) is 11.0 Å². The van der Waals surface area contributed by atoms with E-state index < -0.39 is 0 Å². The smallest absolute Gasteiger partial charge is 0.222 e. The fraction of sp³-hybridized carbons (Fsp3) is 0.222. The van der Waals surface area contributed by atoms with E-state index in [0.29, 0.717) is 22.1 Å². The Kier molecular flexibility index (Phi) is 3.52. The molecule has 15 heavy (non-hydrogen) atoms. The summed E-state index contributed by atoms with van der Waals surface area (Å²) in [6.07, 6.45) is 1.79. The van der Waals surface area contributed by atoms with Crippen LogP contribution in [-0.2, 0) is 4.79 Å². The van der Waals surface area contributed by atoms with Gasteiger partial charge in [0.1, 0.15) is 22.5 Å². The van der Waals surface area contributed by atoms with Crippen molar-refractivity contribution < 1.29 is 4.79 Å². The summed E-state index contributed by atoms with van der Waals surface area (Å²) < 4.78 is 0. The van der Waals surface area contributed by atoms with E-state index in [1.165, 1.54) is 24.8 Å². The Morgan fingerprint density at radius 1 is 1.73 bits per heavy atom. The lowest BCUT2D eigenvalue weighted by atomic mass is 10.2. The number of aromatic nitrogens is 1. The van der Waals surface area contributed by atoms with Crippen LogP contribution in [-0.4, -0.2) is 17.1 Å². The minimum atomic E-state index is -0.223. The lowest BCUT2D eigenvalue weighted by Gasteiger charge is -2.07. The third-order valence-corrected chi connectivity index (χ3v) is 2.31. The first-order valence-corrected chi connectivity index (χ1v) is 5.33. The predicted octanol–water partition coefficient (Wildman–Crippen LogP) is 1.22. The summed E-state index contributed by atoms with van der Waals surface area (Å²) in [4.78, 5) is 14.9. The zero-order chi connectivity index (χ0) is 11.4. The van der Waals surface area contributed by atoms with Crippen molar-refractivity contribution in [2.75, 3.05) is 17.3 Å².